The van der Waals surface area contributed by atoms with Crippen molar-refractivity contribution in [3.63, 3.8) is 0 Å². The van der Waals surface area contributed by atoms with Crippen LogP contribution in [0.15, 0.2) is 36.4 Å². The highest BCUT2D eigenvalue weighted by Crippen LogP contribution is 2.26. The number of anilines is 1. The Morgan fingerprint density at radius 3 is 2.19 bits per heavy atom. The molecule has 1 amide bonds. The number of piperazine rings is 1. The van der Waals surface area contributed by atoms with Gasteiger partial charge in [0.1, 0.15) is 0 Å². The van der Waals surface area contributed by atoms with E-state index in [2.05, 4.69) is 28.1 Å². The number of hydrogen-bond donors (Lipinski definition) is 0. The summed E-state index contributed by atoms with van der Waals surface area (Å²) in [5, 5.41) is 8.85. The predicted molar refractivity (Wildman–Crippen MR) is 120 cm³/mol. The molecule has 0 unspecified atom stereocenters. The van der Waals surface area contributed by atoms with Crippen molar-refractivity contribution in [3.8, 4) is 11.3 Å². The third-order valence-electron chi connectivity index (χ3n) is 6.26. The molecular formula is C22H29N5O3S. The van der Waals surface area contributed by atoms with Crippen LogP contribution in [0.2, 0.25) is 0 Å². The van der Waals surface area contributed by atoms with Gasteiger partial charge in [0.25, 0.3) is 0 Å². The number of amides is 1. The van der Waals surface area contributed by atoms with Crippen LogP contribution in [0.4, 0.5) is 5.82 Å². The molecule has 2 aromatic rings. The molecule has 1 aromatic carbocycles. The first-order chi connectivity index (χ1) is 14.8. The molecular weight excluding hydrogens is 414 g/mol. The van der Waals surface area contributed by atoms with Crippen molar-refractivity contribution in [1.29, 1.82) is 0 Å². The second kappa shape index (κ2) is 8.92. The second-order valence-electron chi connectivity index (χ2n) is 8.34. The predicted octanol–water partition coefficient (Wildman–Crippen LogP) is 1.77. The molecule has 2 aliphatic heterocycles. The number of hydrogen-bond acceptors (Lipinski definition) is 6. The molecule has 166 valence electrons. The molecule has 31 heavy (non-hydrogen) atoms. The first kappa shape index (κ1) is 21.7. The highest BCUT2D eigenvalue weighted by atomic mass is 32.2. The van der Waals surface area contributed by atoms with Crippen LogP contribution in [0, 0.1) is 12.8 Å². The second-order valence-corrected chi connectivity index (χ2v) is 10.3. The number of rotatable bonds is 4. The maximum atomic E-state index is 12.9. The van der Waals surface area contributed by atoms with E-state index in [1.165, 1.54) is 16.1 Å². The van der Waals surface area contributed by atoms with Gasteiger partial charge in [-0.2, -0.15) is 4.31 Å². The topological polar surface area (TPSA) is 86.7 Å². The third-order valence-corrected chi connectivity index (χ3v) is 7.56. The number of carbonyl (C=O) groups is 1. The lowest BCUT2D eigenvalue weighted by molar-refractivity contribution is -0.137. The maximum Gasteiger partial charge on any atom is 0.225 e. The minimum Gasteiger partial charge on any atom is -0.355 e. The fourth-order valence-electron chi connectivity index (χ4n) is 4.35. The van der Waals surface area contributed by atoms with Crippen LogP contribution in [0.25, 0.3) is 11.3 Å². The van der Waals surface area contributed by atoms with Crippen molar-refractivity contribution < 1.29 is 13.2 Å². The number of sulfonamides is 1. The summed E-state index contributed by atoms with van der Waals surface area (Å²) in [5.74, 6) is 0.971. The van der Waals surface area contributed by atoms with E-state index in [9.17, 15) is 13.2 Å². The lowest BCUT2D eigenvalue weighted by Crippen LogP contribution is -2.52. The average molecular weight is 444 g/mol. The van der Waals surface area contributed by atoms with Gasteiger partial charge in [-0.05, 0) is 37.5 Å². The van der Waals surface area contributed by atoms with Crippen molar-refractivity contribution in [2.45, 2.75) is 19.8 Å². The first-order valence-corrected chi connectivity index (χ1v) is 12.6. The van der Waals surface area contributed by atoms with E-state index >= 15 is 0 Å². The van der Waals surface area contributed by atoms with Gasteiger partial charge in [-0.3, -0.25) is 4.79 Å². The molecule has 0 atom stereocenters. The zero-order valence-corrected chi connectivity index (χ0v) is 18.9. The zero-order valence-electron chi connectivity index (χ0n) is 18.1. The van der Waals surface area contributed by atoms with Gasteiger partial charge in [-0.25, -0.2) is 8.42 Å². The molecule has 0 radical (unpaired) electrons. The molecule has 0 N–H and O–H groups in total. The number of aryl methyl sites for hydroxylation is 1. The standard InChI is InChI=1S/C22H29N5O3S/c1-17-5-3-4-6-19(17)20-7-8-21(24-23-20)25-11-9-18(10-12-25)22(28)26-13-15-27(16-14-26)31(2,29)30/h3-8,18H,9-16H2,1-2H3. The molecule has 0 saturated carbocycles. The summed E-state index contributed by atoms with van der Waals surface area (Å²) in [6, 6.07) is 12.1. The molecule has 0 bridgehead atoms. The van der Waals surface area contributed by atoms with Crippen LogP contribution >= 0.6 is 0 Å². The van der Waals surface area contributed by atoms with Gasteiger partial charge in [0.15, 0.2) is 5.82 Å². The fraction of sp³-hybridized carbons (Fsp3) is 0.500. The van der Waals surface area contributed by atoms with Crippen LogP contribution in [-0.4, -0.2) is 79.3 Å². The maximum absolute atomic E-state index is 12.9. The minimum absolute atomic E-state index is 0.0137. The average Bonchev–Trinajstić information content (AvgIpc) is 2.79. The summed E-state index contributed by atoms with van der Waals surface area (Å²) in [7, 11) is -3.19. The summed E-state index contributed by atoms with van der Waals surface area (Å²) in [5.41, 5.74) is 3.11. The summed E-state index contributed by atoms with van der Waals surface area (Å²) < 4.78 is 24.8. The van der Waals surface area contributed by atoms with E-state index in [1.54, 1.807) is 0 Å². The van der Waals surface area contributed by atoms with Gasteiger partial charge in [0, 0.05) is 50.7 Å². The summed E-state index contributed by atoms with van der Waals surface area (Å²) in [6.07, 6.45) is 2.76. The Balaban J connectivity index is 1.32. The van der Waals surface area contributed by atoms with Gasteiger partial charge < -0.3 is 9.80 Å². The van der Waals surface area contributed by atoms with E-state index in [-0.39, 0.29) is 11.8 Å². The van der Waals surface area contributed by atoms with E-state index in [0.717, 1.165) is 43.0 Å². The van der Waals surface area contributed by atoms with E-state index in [1.807, 2.05) is 35.2 Å². The zero-order chi connectivity index (χ0) is 22.0. The minimum atomic E-state index is -3.19. The van der Waals surface area contributed by atoms with Crippen LogP contribution in [0.3, 0.4) is 0 Å². The monoisotopic (exact) mass is 443 g/mol. The normalized spacial score (nSPS) is 18.9. The van der Waals surface area contributed by atoms with Gasteiger partial charge in [0.2, 0.25) is 15.9 Å². The van der Waals surface area contributed by atoms with Crippen molar-refractivity contribution in [1.82, 2.24) is 19.4 Å². The lowest BCUT2D eigenvalue weighted by atomic mass is 9.95. The number of carbonyl (C=O) groups excluding carboxylic acids is 1. The van der Waals surface area contributed by atoms with Crippen LogP contribution in [0.5, 0.6) is 0 Å². The van der Waals surface area contributed by atoms with Crippen LogP contribution < -0.4 is 4.90 Å². The highest BCUT2D eigenvalue weighted by molar-refractivity contribution is 7.88. The number of aromatic nitrogens is 2. The van der Waals surface area contributed by atoms with E-state index in [4.69, 9.17) is 0 Å². The van der Waals surface area contributed by atoms with Crippen LogP contribution in [0.1, 0.15) is 18.4 Å². The Bertz CT molecular complexity index is 1030. The SMILES string of the molecule is Cc1ccccc1-c1ccc(N2CCC(C(=O)N3CCN(S(C)(=O)=O)CC3)CC2)nn1. The Hall–Kier alpha value is -2.52. The molecule has 4 rings (SSSR count). The molecule has 9 heteroatoms. The summed E-state index contributed by atoms with van der Waals surface area (Å²) in [4.78, 5) is 16.9. The Kier molecular flexibility index (Phi) is 6.24. The largest absolute Gasteiger partial charge is 0.355 e. The molecule has 2 fully saturated rings. The molecule has 2 aliphatic rings. The molecule has 8 nitrogen and oxygen atoms in total. The van der Waals surface area contributed by atoms with Crippen molar-refractivity contribution in [2.75, 3.05) is 50.4 Å². The number of piperidine rings is 1. The molecule has 2 saturated heterocycles. The molecule has 0 spiro atoms. The summed E-state index contributed by atoms with van der Waals surface area (Å²) in [6.45, 7) is 5.29. The number of benzene rings is 1. The Morgan fingerprint density at radius 1 is 0.935 bits per heavy atom. The molecule has 3 heterocycles. The van der Waals surface area contributed by atoms with Crippen molar-refractivity contribution >= 4 is 21.7 Å². The van der Waals surface area contributed by atoms with Crippen molar-refractivity contribution in [2.24, 2.45) is 5.92 Å². The fourth-order valence-corrected chi connectivity index (χ4v) is 5.18. The first-order valence-electron chi connectivity index (χ1n) is 10.7. The van der Waals surface area contributed by atoms with Crippen LogP contribution in [-0.2, 0) is 14.8 Å². The number of nitrogens with zero attached hydrogens (tertiary/aromatic N) is 5. The van der Waals surface area contributed by atoms with E-state index in [0.29, 0.717) is 26.2 Å². The van der Waals surface area contributed by atoms with Gasteiger partial charge >= 0.3 is 0 Å². The Labute approximate surface area is 183 Å². The van der Waals surface area contributed by atoms with Gasteiger partial charge in [0.05, 0.1) is 11.9 Å². The van der Waals surface area contributed by atoms with E-state index < -0.39 is 10.0 Å². The molecule has 0 aliphatic carbocycles. The third kappa shape index (κ3) is 4.88. The summed E-state index contributed by atoms with van der Waals surface area (Å²) >= 11 is 0. The van der Waals surface area contributed by atoms with Crippen molar-refractivity contribution in [3.05, 3.63) is 42.0 Å². The smallest absolute Gasteiger partial charge is 0.225 e. The Morgan fingerprint density at radius 2 is 1.61 bits per heavy atom. The quantitative estimate of drug-likeness (QED) is 0.716. The lowest BCUT2D eigenvalue weighted by Gasteiger charge is -2.38. The van der Waals surface area contributed by atoms with Gasteiger partial charge in [-0.1, -0.05) is 24.3 Å². The van der Waals surface area contributed by atoms with Gasteiger partial charge in [-0.15, -0.1) is 10.2 Å². The highest BCUT2D eigenvalue weighted by Gasteiger charge is 2.32. The molecule has 1 aromatic heterocycles.